The molecule has 5 nitrogen and oxygen atoms in total. The summed E-state index contributed by atoms with van der Waals surface area (Å²) in [6.07, 6.45) is 0. The van der Waals surface area contributed by atoms with E-state index in [0.29, 0.717) is 11.3 Å². The molecule has 0 radical (unpaired) electrons. The first kappa shape index (κ1) is 15.2. The van der Waals surface area contributed by atoms with Crippen LogP contribution in [0.4, 0.5) is 4.39 Å². The van der Waals surface area contributed by atoms with Crippen LogP contribution in [0.25, 0.3) is 11.5 Å². The van der Waals surface area contributed by atoms with E-state index in [1.807, 2.05) is 27.7 Å². The van der Waals surface area contributed by atoms with Gasteiger partial charge in [-0.05, 0) is 52.2 Å². The maximum Gasteiger partial charge on any atom is 0.494 e. The molecular formula is C15H18BFN2O3. The number of halogens is 1. The number of aryl methyl sites for hydroxylation is 1. The Kier molecular flexibility index (Phi) is 3.38. The summed E-state index contributed by atoms with van der Waals surface area (Å²) in [5.41, 5.74) is 0.0549. The fourth-order valence-electron chi connectivity index (χ4n) is 2.24. The molecule has 1 aromatic carbocycles. The van der Waals surface area contributed by atoms with E-state index in [1.165, 1.54) is 6.07 Å². The molecule has 1 saturated heterocycles. The van der Waals surface area contributed by atoms with Crippen LogP contribution in [0.3, 0.4) is 0 Å². The molecule has 0 spiro atoms. The molecule has 2 aromatic rings. The summed E-state index contributed by atoms with van der Waals surface area (Å²) in [6, 6.07) is 4.63. The molecule has 2 heterocycles. The van der Waals surface area contributed by atoms with Gasteiger partial charge in [-0.2, -0.15) is 4.98 Å². The van der Waals surface area contributed by atoms with Crippen LogP contribution in [0.1, 0.15) is 33.5 Å². The summed E-state index contributed by atoms with van der Waals surface area (Å²) >= 11 is 0. The molecule has 1 fully saturated rings. The Morgan fingerprint density at radius 2 is 1.73 bits per heavy atom. The minimum Gasteiger partial charge on any atom is -0.399 e. The van der Waals surface area contributed by atoms with Gasteiger partial charge in [-0.3, -0.25) is 0 Å². The van der Waals surface area contributed by atoms with Crippen LogP contribution in [-0.4, -0.2) is 28.5 Å². The number of hydrogen-bond acceptors (Lipinski definition) is 5. The lowest BCUT2D eigenvalue weighted by molar-refractivity contribution is 0.00578. The van der Waals surface area contributed by atoms with Crippen LogP contribution < -0.4 is 5.46 Å². The van der Waals surface area contributed by atoms with Crippen LogP contribution in [0.5, 0.6) is 0 Å². The number of aromatic nitrogens is 2. The minimum atomic E-state index is -0.562. The van der Waals surface area contributed by atoms with Gasteiger partial charge in [-0.25, -0.2) is 4.39 Å². The predicted octanol–water partition coefficient (Wildman–Crippen LogP) is 2.48. The Balaban J connectivity index is 1.97. The van der Waals surface area contributed by atoms with Crippen molar-refractivity contribution in [3.8, 4) is 11.5 Å². The maximum absolute atomic E-state index is 14.0. The Hall–Kier alpha value is -1.73. The van der Waals surface area contributed by atoms with Gasteiger partial charge < -0.3 is 13.8 Å². The van der Waals surface area contributed by atoms with Crippen molar-refractivity contribution in [2.75, 3.05) is 0 Å². The smallest absolute Gasteiger partial charge is 0.399 e. The van der Waals surface area contributed by atoms with Gasteiger partial charge in [0.1, 0.15) is 5.82 Å². The minimum absolute atomic E-state index is 0.147. The quantitative estimate of drug-likeness (QED) is 0.798. The summed E-state index contributed by atoms with van der Waals surface area (Å²) in [7, 11) is -0.562. The van der Waals surface area contributed by atoms with E-state index in [1.54, 1.807) is 19.1 Å². The van der Waals surface area contributed by atoms with Crippen molar-refractivity contribution in [3.05, 3.63) is 29.8 Å². The lowest BCUT2D eigenvalue weighted by Crippen LogP contribution is -2.41. The first-order valence-corrected chi connectivity index (χ1v) is 7.15. The Labute approximate surface area is 129 Å². The highest BCUT2D eigenvalue weighted by Gasteiger charge is 2.51. The number of benzene rings is 1. The molecule has 0 N–H and O–H groups in total. The third kappa shape index (κ3) is 2.44. The highest BCUT2D eigenvalue weighted by atomic mass is 19.1. The summed E-state index contributed by atoms with van der Waals surface area (Å²) in [4.78, 5) is 4.07. The van der Waals surface area contributed by atoms with Crippen molar-refractivity contribution in [2.45, 2.75) is 45.8 Å². The standard InChI is InChI=1S/C15H18BFN2O3/c1-9-18-13(20-19-9)11-8-10(6-7-12(11)17)16-21-14(2,3)15(4,5)22-16/h6-8H,1-5H3. The summed E-state index contributed by atoms with van der Waals surface area (Å²) in [6.45, 7) is 9.57. The van der Waals surface area contributed by atoms with Crippen LogP contribution in [0.15, 0.2) is 22.7 Å². The van der Waals surface area contributed by atoms with E-state index in [0.717, 1.165) is 0 Å². The van der Waals surface area contributed by atoms with E-state index in [9.17, 15) is 4.39 Å². The second-order valence-corrected chi connectivity index (χ2v) is 6.47. The van der Waals surface area contributed by atoms with Crippen molar-refractivity contribution in [1.29, 1.82) is 0 Å². The number of rotatable bonds is 2. The zero-order valence-electron chi connectivity index (χ0n) is 13.3. The first-order valence-electron chi connectivity index (χ1n) is 7.15. The second-order valence-electron chi connectivity index (χ2n) is 6.47. The van der Waals surface area contributed by atoms with Gasteiger partial charge in [0.15, 0.2) is 5.82 Å². The normalized spacial score (nSPS) is 19.6. The molecule has 0 atom stereocenters. The predicted molar refractivity (Wildman–Crippen MR) is 80.1 cm³/mol. The van der Waals surface area contributed by atoms with Crippen LogP contribution in [0, 0.1) is 12.7 Å². The monoisotopic (exact) mass is 304 g/mol. The van der Waals surface area contributed by atoms with E-state index >= 15 is 0 Å². The molecule has 116 valence electrons. The third-order valence-electron chi connectivity index (χ3n) is 4.27. The zero-order valence-corrected chi connectivity index (χ0v) is 13.3. The molecule has 0 saturated carbocycles. The Morgan fingerprint density at radius 1 is 1.09 bits per heavy atom. The molecule has 3 rings (SSSR count). The average Bonchev–Trinajstić information content (AvgIpc) is 2.92. The SMILES string of the molecule is Cc1noc(-c2cc(B3OC(C)(C)C(C)(C)O3)ccc2F)n1. The Morgan fingerprint density at radius 3 is 2.27 bits per heavy atom. The van der Waals surface area contributed by atoms with Gasteiger partial charge in [-0.1, -0.05) is 11.2 Å². The fourth-order valence-corrected chi connectivity index (χ4v) is 2.24. The van der Waals surface area contributed by atoms with Gasteiger partial charge in [-0.15, -0.1) is 0 Å². The third-order valence-corrected chi connectivity index (χ3v) is 4.27. The van der Waals surface area contributed by atoms with Crippen molar-refractivity contribution >= 4 is 12.6 Å². The van der Waals surface area contributed by atoms with Crippen molar-refractivity contribution in [1.82, 2.24) is 10.1 Å². The van der Waals surface area contributed by atoms with Gasteiger partial charge in [0.05, 0.1) is 16.8 Å². The number of hydrogen-bond donors (Lipinski definition) is 0. The molecule has 0 aliphatic carbocycles. The molecule has 0 unspecified atom stereocenters. The lowest BCUT2D eigenvalue weighted by atomic mass is 9.78. The van der Waals surface area contributed by atoms with Crippen LogP contribution in [0.2, 0.25) is 0 Å². The summed E-state index contributed by atoms with van der Waals surface area (Å²) in [5.74, 6) is 0.174. The maximum atomic E-state index is 14.0. The molecule has 1 aliphatic heterocycles. The molecule has 22 heavy (non-hydrogen) atoms. The van der Waals surface area contributed by atoms with E-state index in [4.69, 9.17) is 13.8 Å². The van der Waals surface area contributed by atoms with E-state index in [2.05, 4.69) is 10.1 Å². The average molecular weight is 304 g/mol. The number of nitrogens with zero attached hydrogens (tertiary/aromatic N) is 2. The lowest BCUT2D eigenvalue weighted by Gasteiger charge is -2.32. The highest BCUT2D eigenvalue weighted by molar-refractivity contribution is 6.62. The molecule has 1 aromatic heterocycles. The van der Waals surface area contributed by atoms with Crippen LogP contribution >= 0.6 is 0 Å². The zero-order chi connectivity index (χ0) is 16.1. The van der Waals surface area contributed by atoms with Gasteiger partial charge in [0.2, 0.25) is 0 Å². The molecule has 7 heteroatoms. The van der Waals surface area contributed by atoms with Crippen LogP contribution in [-0.2, 0) is 9.31 Å². The largest absolute Gasteiger partial charge is 0.494 e. The van der Waals surface area contributed by atoms with Crippen molar-refractivity contribution < 1.29 is 18.2 Å². The van der Waals surface area contributed by atoms with Crippen molar-refractivity contribution in [3.63, 3.8) is 0 Å². The summed E-state index contributed by atoms with van der Waals surface area (Å²) in [5, 5.41) is 3.69. The second kappa shape index (κ2) is 4.89. The topological polar surface area (TPSA) is 57.4 Å². The fraction of sp³-hybridized carbons (Fsp3) is 0.467. The first-order chi connectivity index (χ1) is 10.2. The van der Waals surface area contributed by atoms with E-state index in [-0.39, 0.29) is 11.5 Å². The molecular weight excluding hydrogens is 286 g/mol. The van der Waals surface area contributed by atoms with Crippen molar-refractivity contribution in [2.24, 2.45) is 0 Å². The molecule has 1 aliphatic rings. The van der Waals surface area contributed by atoms with E-state index < -0.39 is 24.1 Å². The van der Waals surface area contributed by atoms with Gasteiger partial charge in [0, 0.05) is 0 Å². The summed E-state index contributed by atoms with van der Waals surface area (Å²) < 4.78 is 31.0. The van der Waals surface area contributed by atoms with Gasteiger partial charge in [0.25, 0.3) is 5.89 Å². The van der Waals surface area contributed by atoms with Gasteiger partial charge >= 0.3 is 7.12 Å². The molecule has 0 bridgehead atoms. The highest BCUT2D eigenvalue weighted by Crippen LogP contribution is 2.36. The molecule has 0 amide bonds. The Bertz CT molecular complexity index is 699.